The van der Waals surface area contributed by atoms with E-state index in [-0.39, 0.29) is 24.3 Å². The zero-order chi connectivity index (χ0) is 26.3. The number of nitrogens with zero attached hydrogens (tertiary/aromatic N) is 6. The Labute approximate surface area is 221 Å². The first-order valence-corrected chi connectivity index (χ1v) is 14.0. The smallest absolute Gasteiger partial charge is 0.297 e. The number of aryl methyl sites for hydroxylation is 1. The van der Waals surface area contributed by atoms with Crippen LogP contribution in [0.4, 0.5) is 5.69 Å². The highest BCUT2D eigenvalue weighted by Crippen LogP contribution is 2.37. The monoisotopic (exact) mass is 521 g/mol. The molecule has 6 rings (SSSR count). The molecule has 2 amide bonds. The van der Waals surface area contributed by atoms with Gasteiger partial charge in [0.05, 0.1) is 29.4 Å². The topological polar surface area (TPSA) is 122 Å². The van der Waals surface area contributed by atoms with Crippen LogP contribution in [0.25, 0.3) is 11.0 Å². The summed E-state index contributed by atoms with van der Waals surface area (Å²) < 4.78 is 1.83. The number of carbonyl (C=O) groups is 3. The highest BCUT2D eigenvalue weighted by Gasteiger charge is 2.57. The molecule has 0 radical (unpaired) electrons. The zero-order valence-electron chi connectivity index (χ0n) is 21.9. The molecule has 5 heterocycles. The second-order valence-electron chi connectivity index (χ2n) is 10.8. The largest absolute Gasteiger partial charge is 0.381 e. The van der Waals surface area contributed by atoms with Crippen molar-refractivity contribution in [3.8, 4) is 0 Å². The van der Waals surface area contributed by atoms with Gasteiger partial charge in [-0.2, -0.15) is 5.10 Å². The number of amides is 2. The molecule has 1 aliphatic carbocycles. The van der Waals surface area contributed by atoms with Crippen molar-refractivity contribution in [3.63, 3.8) is 0 Å². The molecule has 11 nitrogen and oxygen atoms in total. The molecule has 11 heteroatoms. The first-order valence-electron chi connectivity index (χ1n) is 14.0. The van der Waals surface area contributed by atoms with Gasteiger partial charge >= 0.3 is 0 Å². The van der Waals surface area contributed by atoms with E-state index < -0.39 is 5.60 Å². The fourth-order valence-electron chi connectivity index (χ4n) is 6.17. The maximum Gasteiger partial charge on any atom is 0.297 e. The molecule has 0 aromatic carbocycles. The lowest BCUT2D eigenvalue weighted by Gasteiger charge is -2.32. The van der Waals surface area contributed by atoms with E-state index >= 15 is 0 Å². The van der Waals surface area contributed by atoms with Gasteiger partial charge in [0.15, 0.2) is 5.65 Å². The van der Waals surface area contributed by atoms with Crippen LogP contribution < -0.4 is 5.32 Å². The lowest BCUT2D eigenvalue weighted by Crippen LogP contribution is -2.58. The van der Waals surface area contributed by atoms with Crippen molar-refractivity contribution in [2.24, 2.45) is 5.16 Å². The average Bonchev–Trinajstić information content (AvgIpc) is 3.75. The van der Waals surface area contributed by atoms with Crippen molar-refractivity contribution in [1.82, 2.24) is 24.6 Å². The van der Waals surface area contributed by atoms with Gasteiger partial charge < -0.3 is 20.0 Å². The van der Waals surface area contributed by atoms with E-state index in [1.165, 1.54) is 0 Å². The van der Waals surface area contributed by atoms with Crippen molar-refractivity contribution in [2.75, 3.05) is 31.5 Å². The number of aromatic nitrogens is 3. The molecule has 2 aromatic rings. The Kier molecular flexibility index (Phi) is 6.53. The van der Waals surface area contributed by atoms with Crippen LogP contribution in [0.15, 0.2) is 17.5 Å². The van der Waals surface area contributed by atoms with Gasteiger partial charge in [0.1, 0.15) is 5.78 Å². The normalized spacial score (nSPS) is 21.7. The second-order valence-corrected chi connectivity index (χ2v) is 10.8. The van der Waals surface area contributed by atoms with Crippen LogP contribution in [0.1, 0.15) is 70.3 Å². The molecule has 0 unspecified atom stereocenters. The SMILES string of the molecule is CCn1ncc2c(NC3CCC(=O)CC3)c(C3=NOC(C(=O)N4CCCC4)(C(=O)N4CCCC4)C3)cnc21. The minimum atomic E-state index is -1.68. The van der Waals surface area contributed by atoms with Crippen molar-refractivity contribution in [2.45, 2.75) is 82.9 Å². The van der Waals surface area contributed by atoms with E-state index in [0.29, 0.717) is 62.6 Å². The number of ketones is 1. The van der Waals surface area contributed by atoms with Crippen molar-refractivity contribution in [1.29, 1.82) is 0 Å². The molecular formula is C27H35N7O4. The summed E-state index contributed by atoms with van der Waals surface area (Å²) in [5, 5.41) is 13.4. The highest BCUT2D eigenvalue weighted by molar-refractivity contribution is 6.18. The first kappa shape index (κ1) is 24.8. The third-order valence-electron chi connectivity index (χ3n) is 8.37. The number of hydrogen-bond acceptors (Lipinski definition) is 8. The number of pyridine rings is 1. The van der Waals surface area contributed by atoms with Crippen LogP contribution >= 0.6 is 0 Å². The van der Waals surface area contributed by atoms with Crippen molar-refractivity contribution >= 4 is 40.0 Å². The third kappa shape index (κ3) is 4.21. The Morgan fingerprint density at radius 1 is 1.03 bits per heavy atom. The molecule has 4 aliphatic rings. The molecule has 2 saturated heterocycles. The van der Waals surface area contributed by atoms with Crippen molar-refractivity contribution in [3.05, 3.63) is 18.0 Å². The van der Waals surface area contributed by atoms with Crippen LogP contribution in [0.2, 0.25) is 0 Å². The predicted molar refractivity (Wildman–Crippen MR) is 141 cm³/mol. The number of fused-ring (bicyclic) bond motifs is 1. The van der Waals surface area contributed by atoms with Crippen LogP contribution in [0.3, 0.4) is 0 Å². The summed E-state index contributed by atoms with van der Waals surface area (Å²) in [6, 6.07) is 0.118. The Bertz CT molecular complexity index is 1250. The van der Waals surface area contributed by atoms with E-state index in [2.05, 4.69) is 15.6 Å². The number of anilines is 1. The number of oxime groups is 1. The molecule has 0 bridgehead atoms. The summed E-state index contributed by atoms with van der Waals surface area (Å²) in [6.07, 6.45) is 9.89. The molecule has 1 saturated carbocycles. The number of nitrogens with one attached hydrogen (secondary N) is 1. The maximum atomic E-state index is 13.8. The minimum Gasteiger partial charge on any atom is -0.381 e. The molecular weight excluding hydrogens is 486 g/mol. The van der Waals surface area contributed by atoms with E-state index in [4.69, 9.17) is 9.82 Å². The molecule has 2 aromatic heterocycles. The van der Waals surface area contributed by atoms with Gasteiger partial charge in [-0.25, -0.2) is 9.67 Å². The van der Waals surface area contributed by atoms with E-state index in [0.717, 1.165) is 55.2 Å². The number of Topliss-reactive ketones (excluding diaryl/α,β-unsaturated/α-hetero) is 1. The summed E-state index contributed by atoms with van der Waals surface area (Å²) in [7, 11) is 0. The summed E-state index contributed by atoms with van der Waals surface area (Å²) in [4.78, 5) is 53.6. The average molecular weight is 522 g/mol. The lowest BCUT2D eigenvalue weighted by atomic mass is 9.90. The molecule has 3 fully saturated rings. The maximum absolute atomic E-state index is 13.8. The highest BCUT2D eigenvalue weighted by atomic mass is 16.7. The molecule has 38 heavy (non-hydrogen) atoms. The van der Waals surface area contributed by atoms with Gasteiger partial charge in [-0.3, -0.25) is 14.4 Å². The fraction of sp³-hybridized carbons (Fsp3) is 0.630. The van der Waals surface area contributed by atoms with Gasteiger partial charge in [0.2, 0.25) is 0 Å². The number of carbonyl (C=O) groups excluding carboxylic acids is 3. The standard InChI is InChI=1S/C27H35N7O4/c1-2-34-24-21(17-29-34)23(30-18-7-9-19(35)10-8-18)20(16-28-24)22-15-27(38-31-22,25(36)32-11-3-4-12-32)26(37)33-13-5-6-14-33/h16-18H,2-15H2,1H3,(H,28,30). The zero-order valence-corrected chi connectivity index (χ0v) is 21.9. The van der Waals surface area contributed by atoms with E-state index in [1.54, 1.807) is 22.2 Å². The van der Waals surface area contributed by atoms with Crippen molar-refractivity contribution < 1.29 is 19.2 Å². The van der Waals surface area contributed by atoms with Gasteiger partial charge in [-0.05, 0) is 45.4 Å². The summed E-state index contributed by atoms with van der Waals surface area (Å²) >= 11 is 0. The van der Waals surface area contributed by atoms with Gasteiger partial charge in [0.25, 0.3) is 17.4 Å². The van der Waals surface area contributed by atoms with E-state index in [1.807, 2.05) is 11.6 Å². The first-order chi connectivity index (χ1) is 18.5. The summed E-state index contributed by atoms with van der Waals surface area (Å²) in [6.45, 7) is 5.20. The van der Waals surface area contributed by atoms with Crippen LogP contribution in [0.5, 0.6) is 0 Å². The second kappa shape index (κ2) is 9.99. The van der Waals surface area contributed by atoms with Crippen LogP contribution in [-0.2, 0) is 25.8 Å². The van der Waals surface area contributed by atoms with Gasteiger partial charge in [-0.1, -0.05) is 5.16 Å². The minimum absolute atomic E-state index is 0.0601. The van der Waals surface area contributed by atoms with E-state index in [9.17, 15) is 14.4 Å². The molecule has 3 aliphatic heterocycles. The number of hydrogen-bond donors (Lipinski definition) is 1. The summed E-state index contributed by atoms with van der Waals surface area (Å²) in [5.41, 5.74) is 1.11. The summed E-state index contributed by atoms with van der Waals surface area (Å²) in [5.74, 6) is -0.293. The fourth-order valence-corrected chi connectivity index (χ4v) is 6.17. The Morgan fingerprint density at radius 2 is 1.66 bits per heavy atom. The Balaban J connectivity index is 1.37. The molecule has 0 spiro atoms. The Hall–Kier alpha value is -3.50. The molecule has 1 N–H and O–H groups in total. The third-order valence-corrected chi connectivity index (χ3v) is 8.37. The van der Waals surface area contributed by atoms with Crippen LogP contribution in [-0.4, -0.2) is 85.7 Å². The van der Waals surface area contributed by atoms with Crippen LogP contribution in [0, 0.1) is 0 Å². The lowest BCUT2D eigenvalue weighted by molar-refractivity contribution is -0.170. The predicted octanol–water partition coefficient (Wildman–Crippen LogP) is 2.48. The Morgan fingerprint density at radius 3 is 2.26 bits per heavy atom. The van der Waals surface area contributed by atoms with Gasteiger partial charge in [-0.15, -0.1) is 0 Å². The molecule has 202 valence electrons. The number of rotatable bonds is 6. The quantitative estimate of drug-likeness (QED) is 0.580. The molecule has 0 atom stereocenters. The van der Waals surface area contributed by atoms with Gasteiger partial charge in [0, 0.05) is 63.4 Å². The number of likely N-dealkylation sites (tertiary alicyclic amines) is 2.